The number of piperidine rings is 1. The van der Waals surface area contributed by atoms with Gasteiger partial charge >= 0.3 is 0 Å². The molecule has 100 valence electrons. The molecule has 2 unspecified atom stereocenters. The average Bonchev–Trinajstić information content (AvgIpc) is 2.46. The van der Waals surface area contributed by atoms with Crippen molar-refractivity contribution in [1.82, 2.24) is 4.98 Å². The zero-order valence-corrected chi connectivity index (χ0v) is 11.6. The Kier molecular flexibility index (Phi) is 3.42. The molecule has 1 aromatic heterocycles. The predicted molar refractivity (Wildman–Crippen MR) is 76.0 cm³/mol. The van der Waals surface area contributed by atoms with E-state index in [1.54, 1.807) is 0 Å². The normalized spacial score (nSPS) is 26.6. The first-order valence-corrected chi connectivity index (χ1v) is 7.44. The van der Waals surface area contributed by atoms with Gasteiger partial charge in [-0.25, -0.2) is 4.98 Å². The van der Waals surface area contributed by atoms with Gasteiger partial charge in [0.05, 0.1) is 5.56 Å². The fourth-order valence-corrected chi connectivity index (χ4v) is 3.74. The molecule has 2 aliphatic rings. The molecular formula is C16H21N3. The lowest BCUT2D eigenvalue weighted by Crippen LogP contribution is -2.47. The Morgan fingerprint density at radius 1 is 1.21 bits per heavy atom. The molecule has 3 heteroatoms. The summed E-state index contributed by atoms with van der Waals surface area (Å²) in [4.78, 5) is 7.09. The molecule has 1 aromatic rings. The first-order chi connectivity index (χ1) is 9.29. The number of rotatable bonds is 1. The fraction of sp³-hybridized carbons (Fsp3) is 0.625. The van der Waals surface area contributed by atoms with E-state index in [2.05, 4.69) is 16.0 Å². The highest BCUT2D eigenvalue weighted by atomic mass is 15.2. The molecule has 0 spiro atoms. The molecule has 3 rings (SSSR count). The molecule has 2 atom stereocenters. The summed E-state index contributed by atoms with van der Waals surface area (Å²) >= 11 is 0. The maximum Gasteiger partial charge on any atom is 0.147 e. The van der Waals surface area contributed by atoms with Gasteiger partial charge in [0.25, 0.3) is 0 Å². The lowest BCUT2D eigenvalue weighted by molar-refractivity contribution is 0.242. The van der Waals surface area contributed by atoms with Gasteiger partial charge in [0.1, 0.15) is 11.9 Å². The number of aryl methyl sites for hydroxylation is 1. The van der Waals surface area contributed by atoms with Gasteiger partial charge in [0.15, 0.2) is 0 Å². The smallest absolute Gasteiger partial charge is 0.147 e. The van der Waals surface area contributed by atoms with Crippen molar-refractivity contribution in [2.75, 3.05) is 11.4 Å². The Bertz CT molecular complexity index is 501. The molecule has 2 fully saturated rings. The van der Waals surface area contributed by atoms with E-state index in [-0.39, 0.29) is 0 Å². The molecule has 1 aliphatic carbocycles. The van der Waals surface area contributed by atoms with Crippen LogP contribution in [0.3, 0.4) is 0 Å². The highest BCUT2D eigenvalue weighted by molar-refractivity contribution is 5.55. The number of nitriles is 1. The van der Waals surface area contributed by atoms with Crippen molar-refractivity contribution in [2.45, 2.75) is 51.5 Å². The summed E-state index contributed by atoms with van der Waals surface area (Å²) in [6.07, 6.45) is 7.92. The highest BCUT2D eigenvalue weighted by Gasteiger charge is 2.34. The molecule has 1 saturated heterocycles. The van der Waals surface area contributed by atoms with Gasteiger partial charge in [0.2, 0.25) is 0 Å². The maximum atomic E-state index is 9.32. The van der Waals surface area contributed by atoms with Crippen LogP contribution in [0.2, 0.25) is 0 Å². The van der Waals surface area contributed by atoms with Crippen LogP contribution in [0.15, 0.2) is 12.1 Å². The van der Waals surface area contributed by atoms with Crippen molar-refractivity contribution in [2.24, 2.45) is 5.92 Å². The van der Waals surface area contributed by atoms with E-state index in [1.807, 2.05) is 19.1 Å². The summed E-state index contributed by atoms with van der Waals surface area (Å²) in [5.41, 5.74) is 1.74. The SMILES string of the molecule is Cc1ccc(C#N)c(N2CCCC3CCCCC32)n1. The number of hydrogen-bond donors (Lipinski definition) is 0. The third kappa shape index (κ3) is 2.32. The van der Waals surface area contributed by atoms with E-state index in [0.717, 1.165) is 29.5 Å². The van der Waals surface area contributed by atoms with Crippen molar-refractivity contribution < 1.29 is 0 Å². The maximum absolute atomic E-state index is 9.32. The summed E-state index contributed by atoms with van der Waals surface area (Å²) in [5.74, 6) is 1.75. The summed E-state index contributed by atoms with van der Waals surface area (Å²) in [6, 6.07) is 6.78. The zero-order chi connectivity index (χ0) is 13.2. The van der Waals surface area contributed by atoms with Gasteiger partial charge in [-0.15, -0.1) is 0 Å². The number of nitrogens with zero attached hydrogens (tertiary/aromatic N) is 3. The quantitative estimate of drug-likeness (QED) is 0.772. The topological polar surface area (TPSA) is 39.9 Å². The predicted octanol–water partition coefficient (Wildman–Crippen LogP) is 3.42. The van der Waals surface area contributed by atoms with Crippen molar-refractivity contribution in [3.8, 4) is 6.07 Å². The number of fused-ring (bicyclic) bond motifs is 1. The number of anilines is 1. The molecule has 0 aromatic carbocycles. The summed E-state index contributed by atoms with van der Waals surface area (Å²) in [6.45, 7) is 3.07. The molecule has 1 saturated carbocycles. The molecule has 0 amide bonds. The summed E-state index contributed by atoms with van der Waals surface area (Å²) < 4.78 is 0. The molecule has 0 bridgehead atoms. The molecule has 1 aliphatic heterocycles. The van der Waals surface area contributed by atoms with Crippen LogP contribution in [-0.2, 0) is 0 Å². The van der Waals surface area contributed by atoms with Crippen molar-refractivity contribution in [3.05, 3.63) is 23.4 Å². The third-order valence-electron chi connectivity index (χ3n) is 4.65. The van der Waals surface area contributed by atoms with E-state index in [1.165, 1.54) is 38.5 Å². The van der Waals surface area contributed by atoms with Crippen LogP contribution in [-0.4, -0.2) is 17.6 Å². The molecule has 0 radical (unpaired) electrons. The van der Waals surface area contributed by atoms with E-state index < -0.39 is 0 Å². The lowest BCUT2D eigenvalue weighted by Gasteiger charge is -2.45. The zero-order valence-electron chi connectivity index (χ0n) is 11.6. The molecular weight excluding hydrogens is 234 g/mol. The van der Waals surface area contributed by atoms with E-state index in [0.29, 0.717) is 6.04 Å². The minimum absolute atomic E-state index is 0.615. The van der Waals surface area contributed by atoms with E-state index in [4.69, 9.17) is 0 Å². The van der Waals surface area contributed by atoms with E-state index >= 15 is 0 Å². The van der Waals surface area contributed by atoms with Gasteiger partial charge in [-0.3, -0.25) is 0 Å². The largest absolute Gasteiger partial charge is 0.352 e. The van der Waals surface area contributed by atoms with Crippen LogP contribution in [0.1, 0.15) is 49.8 Å². The van der Waals surface area contributed by atoms with Crippen LogP contribution in [0.5, 0.6) is 0 Å². The second kappa shape index (κ2) is 5.21. The van der Waals surface area contributed by atoms with Gasteiger partial charge in [-0.2, -0.15) is 5.26 Å². The van der Waals surface area contributed by atoms with Gasteiger partial charge < -0.3 is 4.90 Å². The number of aromatic nitrogens is 1. The standard InChI is InChI=1S/C16H21N3/c1-12-8-9-14(11-17)16(18-12)19-10-4-6-13-5-2-3-7-15(13)19/h8-9,13,15H,2-7,10H2,1H3. The second-order valence-electron chi connectivity index (χ2n) is 5.88. The fourth-order valence-electron chi connectivity index (χ4n) is 3.74. The van der Waals surface area contributed by atoms with Crippen molar-refractivity contribution in [1.29, 1.82) is 5.26 Å². The third-order valence-corrected chi connectivity index (χ3v) is 4.65. The minimum Gasteiger partial charge on any atom is -0.352 e. The van der Waals surface area contributed by atoms with Crippen LogP contribution >= 0.6 is 0 Å². The van der Waals surface area contributed by atoms with Gasteiger partial charge in [-0.1, -0.05) is 12.8 Å². The first-order valence-electron chi connectivity index (χ1n) is 7.44. The number of pyridine rings is 1. The molecule has 0 N–H and O–H groups in total. The summed E-state index contributed by atoms with van der Waals surface area (Å²) in [7, 11) is 0. The molecule has 3 nitrogen and oxygen atoms in total. The van der Waals surface area contributed by atoms with Crippen molar-refractivity contribution in [3.63, 3.8) is 0 Å². The van der Waals surface area contributed by atoms with Crippen LogP contribution in [0, 0.1) is 24.2 Å². The van der Waals surface area contributed by atoms with Gasteiger partial charge in [0, 0.05) is 18.3 Å². The first kappa shape index (κ1) is 12.5. The minimum atomic E-state index is 0.615. The Hall–Kier alpha value is -1.56. The van der Waals surface area contributed by atoms with Crippen LogP contribution < -0.4 is 4.90 Å². The van der Waals surface area contributed by atoms with Crippen molar-refractivity contribution >= 4 is 5.82 Å². The van der Waals surface area contributed by atoms with Crippen LogP contribution in [0.25, 0.3) is 0 Å². The summed E-state index contributed by atoms with van der Waals surface area (Å²) in [5, 5.41) is 9.32. The Labute approximate surface area is 115 Å². The lowest BCUT2D eigenvalue weighted by atomic mass is 9.78. The van der Waals surface area contributed by atoms with Crippen LogP contribution in [0.4, 0.5) is 5.82 Å². The Balaban J connectivity index is 1.96. The Morgan fingerprint density at radius 3 is 2.84 bits per heavy atom. The average molecular weight is 255 g/mol. The Morgan fingerprint density at radius 2 is 2.00 bits per heavy atom. The van der Waals surface area contributed by atoms with E-state index in [9.17, 15) is 5.26 Å². The number of hydrogen-bond acceptors (Lipinski definition) is 3. The second-order valence-corrected chi connectivity index (χ2v) is 5.88. The highest BCUT2D eigenvalue weighted by Crippen LogP contribution is 2.38. The molecule has 2 heterocycles. The molecule has 19 heavy (non-hydrogen) atoms. The van der Waals surface area contributed by atoms with Gasteiger partial charge in [-0.05, 0) is 50.7 Å². The monoisotopic (exact) mass is 255 g/mol.